The molecule has 2 N–H and O–H groups in total. The first-order valence-corrected chi connectivity index (χ1v) is 7.25. The maximum Gasteiger partial charge on any atom is 0.307 e. The maximum absolute atomic E-state index is 12.5. The Morgan fingerprint density at radius 3 is 2.14 bits per heavy atom. The molecule has 5 heteroatoms. The van der Waals surface area contributed by atoms with Crippen LogP contribution >= 0.6 is 0 Å². The van der Waals surface area contributed by atoms with Gasteiger partial charge in [0.25, 0.3) is 0 Å². The summed E-state index contributed by atoms with van der Waals surface area (Å²) >= 11 is 0. The van der Waals surface area contributed by atoms with Crippen LogP contribution in [0.4, 0.5) is 5.69 Å². The molecular weight excluding hydrogens is 282 g/mol. The summed E-state index contributed by atoms with van der Waals surface area (Å²) < 4.78 is 5.07. The van der Waals surface area contributed by atoms with Gasteiger partial charge in [-0.15, -0.1) is 0 Å². The molecule has 22 heavy (non-hydrogen) atoms. The minimum Gasteiger partial charge on any atom is -0.497 e. The molecule has 2 rings (SSSR count). The summed E-state index contributed by atoms with van der Waals surface area (Å²) in [5, 5.41) is 12.2. The Labute approximate surface area is 130 Å². The lowest BCUT2D eigenvalue weighted by Crippen LogP contribution is -2.36. The van der Waals surface area contributed by atoms with Crippen molar-refractivity contribution in [2.24, 2.45) is 11.8 Å². The summed E-state index contributed by atoms with van der Waals surface area (Å²) in [7, 11) is 1.57. The molecule has 0 aromatic heterocycles. The molecule has 1 aromatic rings. The van der Waals surface area contributed by atoms with Crippen molar-refractivity contribution in [3.63, 3.8) is 0 Å². The second-order valence-corrected chi connectivity index (χ2v) is 5.74. The van der Waals surface area contributed by atoms with E-state index in [9.17, 15) is 14.7 Å². The summed E-state index contributed by atoms with van der Waals surface area (Å²) in [5.74, 6) is -1.66. The van der Waals surface area contributed by atoms with Crippen LogP contribution in [-0.2, 0) is 9.59 Å². The predicted octanol–water partition coefficient (Wildman–Crippen LogP) is 3.08. The van der Waals surface area contributed by atoms with E-state index in [4.69, 9.17) is 4.74 Å². The minimum absolute atomic E-state index is 0.246. The molecule has 118 valence electrons. The Bertz CT molecular complexity index is 604. The number of nitrogens with one attached hydrogen (secondary N) is 1. The van der Waals surface area contributed by atoms with E-state index in [0.29, 0.717) is 24.3 Å². The number of ether oxygens (including phenoxy) is 1. The van der Waals surface area contributed by atoms with Crippen molar-refractivity contribution >= 4 is 17.6 Å². The molecule has 0 saturated heterocycles. The van der Waals surface area contributed by atoms with Crippen molar-refractivity contribution in [2.75, 3.05) is 12.4 Å². The number of carboxylic acids is 1. The molecule has 0 unspecified atom stereocenters. The highest BCUT2D eigenvalue weighted by molar-refractivity contribution is 5.95. The quantitative estimate of drug-likeness (QED) is 0.838. The van der Waals surface area contributed by atoms with E-state index in [1.165, 1.54) is 0 Å². The number of allylic oxidation sites excluding steroid dienone is 2. The second-order valence-electron chi connectivity index (χ2n) is 5.74. The minimum atomic E-state index is -0.915. The van der Waals surface area contributed by atoms with Crippen LogP contribution in [0.3, 0.4) is 0 Å². The van der Waals surface area contributed by atoms with Gasteiger partial charge in [-0.25, -0.2) is 0 Å². The van der Waals surface area contributed by atoms with Gasteiger partial charge in [-0.05, 0) is 51.0 Å². The van der Waals surface area contributed by atoms with Crippen LogP contribution in [0.2, 0.25) is 0 Å². The first-order valence-electron chi connectivity index (χ1n) is 7.25. The van der Waals surface area contributed by atoms with Gasteiger partial charge in [-0.2, -0.15) is 0 Å². The average molecular weight is 303 g/mol. The van der Waals surface area contributed by atoms with Gasteiger partial charge in [0.15, 0.2) is 0 Å². The number of carbonyl (C=O) groups is 2. The Balaban J connectivity index is 2.14. The fourth-order valence-electron chi connectivity index (χ4n) is 2.74. The van der Waals surface area contributed by atoms with Gasteiger partial charge in [-0.3, -0.25) is 9.59 Å². The lowest BCUT2D eigenvalue weighted by atomic mass is 9.76. The van der Waals surface area contributed by atoms with Crippen molar-refractivity contribution in [2.45, 2.75) is 26.7 Å². The zero-order chi connectivity index (χ0) is 16.3. The number of rotatable bonds is 4. The molecule has 0 fully saturated rings. The molecule has 1 aromatic carbocycles. The van der Waals surface area contributed by atoms with Gasteiger partial charge in [-0.1, -0.05) is 11.1 Å². The molecule has 0 aliphatic heterocycles. The molecule has 0 bridgehead atoms. The SMILES string of the molecule is COc1ccc(NC(=O)[C@@H]2CC(C)=C(C)C[C@@H]2C(=O)O)cc1. The van der Waals surface area contributed by atoms with E-state index >= 15 is 0 Å². The van der Waals surface area contributed by atoms with E-state index < -0.39 is 17.8 Å². The van der Waals surface area contributed by atoms with Gasteiger partial charge >= 0.3 is 5.97 Å². The number of hydrogen-bond donors (Lipinski definition) is 2. The van der Waals surface area contributed by atoms with E-state index in [-0.39, 0.29) is 5.91 Å². The number of methoxy groups -OCH3 is 1. The van der Waals surface area contributed by atoms with Crippen molar-refractivity contribution in [1.82, 2.24) is 0 Å². The summed E-state index contributed by atoms with van der Waals surface area (Å²) in [6, 6.07) is 6.98. The van der Waals surface area contributed by atoms with Crippen molar-refractivity contribution < 1.29 is 19.4 Å². The van der Waals surface area contributed by atoms with Crippen molar-refractivity contribution in [3.8, 4) is 5.75 Å². The molecule has 0 heterocycles. The smallest absolute Gasteiger partial charge is 0.307 e. The van der Waals surface area contributed by atoms with E-state index in [2.05, 4.69) is 5.32 Å². The van der Waals surface area contributed by atoms with Crippen LogP contribution in [0.1, 0.15) is 26.7 Å². The molecule has 1 aliphatic rings. The topological polar surface area (TPSA) is 75.6 Å². The Hall–Kier alpha value is -2.30. The number of aliphatic carboxylic acids is 1. The predicted molar refractivity (Wildman–Crippen MR) is 83.8 cm³/mol. The standard InChI is InChI=1S/C17H21NO4/c1-10-8-14(15(17(20)21)9-11(10)2)16(19)18-12-4-6-13(22-3)7-5-12/h4-7,14-15H,8-9H2,1-3H3,(H,18,19)(H,20,21)/t14-,15+/m1/s1. The third kappa shape index (κ3) is 3.47. The Kier molecular flexibility index (Phi) is 4.85. The van der Waals surface area contributed by atoms with Gasteiger partial charge in [0, 0.05) is 5.69 Å². The molecule has 5 nitrogen and oxygen atoms in total. The Morgan fingerprint density at radius 2 is 1.64 bits per heavy atom. The highest BCUT2D eigenvalue weighted by Crippen LogP contribution is 2.35. The largest absolute Gasteiger partial charge is 0.497 e. The van der Waals surface area contributed by atoms with Crippen LogP contribution in [0.5, 0.6) is 5.75 Å². The summed E-state index contributed by atoms with van der Waals surface area (Å²) in [5.41, 5.74) is 2.81. The lowest BCUT2D eigenvalue weighted by Gasteiger charge is -2.29. The number of carbonyl (C=O) groups excluding carboxylic acids is 1. The van der Waals surface area contributed by atoms with Crippen molar-refractivity contribution in [3.05, 3.63) is 35.4 Å². The molecular formula is C17H21NO4. The highest BCUT2D eigenvalue weighted by atomic mass is 16.5. The molecule has 2 atom stereocenters. The average Bonchev–Trinajstić information content (AvgIpc) is 2.50. The summed E-state index contributed by atoms with van der Waals surface area (Å²) in [6.07, 6.45) is 0.923. The monoisotopic (exact) mass is 303 g/mol. The number of hydrogen-bond acceptors (Lipinski definition) is 3. The zero-order valence-electron chi connectivity index (χ0n) is 13.1. The molecule has 1 aliphatic carbocycles. The normalized spacial score (nSPS) is 21.4. The first kappa shape index (κ1) is 16.1. The zero-order valence-corrected chi connectivity index (χ0v) is 13.1. The highest BCUT2D eigenvalue weighted by Gasteiger charge is 2.37. The fraction of sp³-hybridized carbons (Fsp3) is 0.412. The fourth-order valence-corrected chi connectivity index (χ4v) is 2.74. The molecule has 0 radical (unpaired) electrons. The van der Waals surface area contributed by atoms with Gasteiger partial charge in [0.1, 0.15) is 5.75 Å². The summed E-state index contributed by atoms with van der Waals surface area (Å²) in [4.78, 5) is 23.9. The van der Waals surface area contributed by atoms with E-state index in [1.807, 2.05) is 13.8 Å². The van der Waals surface area contributed by atoms with Gasteiger partial charge < -0.3 is 15.2 Å². The Morgan fingerprint density at radius 1 is 1.09 bits per heavy atom. The number of benzene rings is 1. The number of amides is 1. The number of carboxylic acid groups (broad SMARTS) is 1. The molecule has 1 amide bonds. The van der Waals surface area contributed by atoms with Gasteiger partial charge in [0.2, 0.25) is 5.91 Å². The van der Waals surface area contributed by atoms with E-state index in [1.54, 1.807) is 31.4 Å². The second kappa shape index (κ2) is 6.64. The van der Waals surface area contributed by atoms with Crippen LogP contribution in [-0.4, -0.2) is 24.1 Å². The molecule has 0 spiro atoms. The van der Waals surface area contributed by atoms with Crippen LogP contribution in [0.25, 0.3) is 0 Å². The van der Waals surface area contributed by atoms with Crippen LogP contribution < -0.4 is 10.1 Å². The van der Waals surface area contributed by atoms with Crippen molar-refractivity contribution in [1.29, 1.82) is 0 Å². The lowest BCUT2D eigenvalue weighted by molar-refractivity contribution is -0.146. The van der Waals surface area contributed by atoms with Crippen LogP contribution in [0, 0.1) is 11.8 Å². The molecule has 0 saturated carbocycles. The third-order valence-electron chi connectivity index (χ3n) is 4.28. The van der Waals surface area contributed by atoms with Gasteiger partial charge in [0.05, 0.1) is 18.9 Å². The number of anilines is 1. The van der Waals surface area contributed by atoms with E-state index in [0.717, 1.165) is 11.1 Å². The third-order valence-corrected chi connectivity index (χ3v) is 4.28. The first-order chi connectivity index (χ1) is 10.4. The summed E-state index contributed by atoms with van der Waals surface area (Å²) in [6.45, 7) is 3.89. The maximum atomic E-state index is 12.5. The van der Waals surface area contributed by atoms with Crippen LogP contribution in [0.15, 0.2) is 35.4 Å².